The predicted octanol–water partition coefficient (Wildman–Crippen LogP) is 1.55. The fourth-order valence-corrected chi connectivity index (χ4v) is 0.912. The summed E-state index contributed by atoms with van der Waals surface area (Å²) in [4.78, 5) is 21.9. The van der Waals surface area contributed by atoms with Crippen LogP contribution in [0.4, 0.5) is 0 Å². The van der Waals surface area contributed by atoms with E-state index < -0.39 is 17.5 Å². The number of hydrogen-bond donors (Lipinski definition) is 0. The van der Waals surface area contributed by atoms with E-state index in [2.05, 4.69) is 0 Å². The van der Waals surface area contributed by atoms with Crippen LogP contribution in [0.3, 0.4) is 0 Å². The fraction of sp³-hybridized carbons (Fsp3) is 0.778. The van der Waals surface area contributed by atoms with Gasteiger partial charge in [0.05, 0.1) is 0 Å². The molecule has 12 heavy (non-hydrogen) atoms. The van der Waals surface area contributed by atoms with Gasteiger partial charge in [-0.25, -0.2) is 0 Å². The highest BCUT2D eigenvalue weighted by Crippen LogP contribution is 2.18. The van der Waals surface area contributed by atoms with Crippen molar-refractivity contribution in [2.45, 2.75) is 40.7 Å². The minimum atomic E-state index is -0.637. The maximum Gasteiger partial charge on any atom is 0.303 e. The highest BCUT2D eigenvalue weighted by molar-refractivity contribution is 5.89. The minimum Gasteiger partial charge on any atom is -0.455 e. The Hall–Kier alpha value is -0.860. The van der Waals surface area contributed by atoms with Crippen molar-refractivity contribution in [2.75, 3.05) is 0 Å². The lowest BCUT2D eigenvalue weighted by Crippen LogP contribution is -2.33. The van der Waals surface area contributed by atoms with Crippen molar-refractivity contribution in [3.8, 4) is 0 Å². The smallest absolute Gasteiger partial charge is 0.303 e. The van der Waals surface area contributed by atoms with Gasteiger partial charge in [-0.15, -0.1) is 0 Å². The molecule has 1 atom stereocenters. The average Bonchev–Trinajstić information content (AvgIpc) is 1.82. The van der Waals surface area contributed by atoms with E-state index >= 15 is 0 Å². The van der Waals surface area contributed by atoms with E-state index in [-0.39, 0.29) is 5.78 Å². The van der Waals surface area contributed by atoms with Crippen LogP contribution in [0.25, 0.3) is 0 Å². The van der Waals surface area contributed by atoms with Crippen LogP contribution >= 0.6 is 0 Å². The second kappa shape index (κ2) is 3.70. The first-order chi connectivity index (χ1) is 5.25. The number of ether oxygens (including phenoxy) is 1. The van der Waals surface area contributed by atoms with Gasteiger partial charge in [-0.3, -0.25) is 9.59 Å². The summed E-state index contributed by atoms with van der Waals surface area (Å²) >= 11 is 0. The molecule has 3 heteroatoms. The van der Waals surface area contributed by atoms with Crippen molar-refractivity contribution in [3.05, 3.63) is 0 Å². The molecule has 0 heterocycles. The van der Waals surface area contributed by atoms with Gasteiger partial charge in [0.25, 0.3) is 0 Å². The monoisotopic (exact) mass is 172 g/mol. The van der Waals surface area contributed by atoms with E-state index in [1.165, 1.54) is 6.92 Å². The highest BCUT2D eigenvalue weighted by atomic mass is 16.5. The highest BCUT2D eigenvalue weighted by Gasteiger charge is 2.28. The van der Waals surface area contributed by atoms with Gasteiger partial charge in [0.15, 0.2) is 11.9 Å². The first-order valence-electron chi connectivity index (χ1n) is 3.96. The Bertz CT molecular complexity index is 188. The van der Waals surface area contributed by atoms with E-state index in [0.717, 1.165) is 0 Å². The molecule has 0 radical (unpaired) electrons. The summed E-state index contributed by atoms with van der Waals surface area (Å²) in [5.41, 5.74) is -0.450. The molecule has 0 aromatic carbocycles. The Morgan fingerprint density at radius 2 is 1.67 bits per heavy atom. The lowest BCUT2D eigenvalue weighted by molar-refractivity contribution is -0.154. The quantitative estimate of drug-likeness (QED) is 0.593. The van der Waals surface area contributed by atoms with Crippen LogP contribution in [-0.4, -0.2) is 17.9 Å². The molecule has 0 amide bonds. The number of Topliss-reactive ketones (excluding diaryl/α,β-unsaturated/α-hetero) is 1. The molecule has 3 nitrogen and oxygen atoms in total. The van der Waals surface area contributed by atoms with E-state index in [9.17, 15) is 9.59 Å². The van der Waals surface area contributed by atoms with Gasteiger partial charge < -0.3 is 4.74 Å². The summed E-state index contributed by atoms with van der Waals surface area (Å²) in [6.07, 6.45) is -0.637. The molecule has 0 saturated heterocycles. The van der Waals surface area contributed by atoms with Crippen molar-refractivity contribution in [3.63, 3.8) is 0 Å². The molecule has 0 saturated carbocycles. The van der Waals surface area contributed by atoms with Gasteiger partial charge in [-0.05, 0) is 6.92 Å². The summed E-state index contributed by atoms with van der Waals surface area (Å²) < 4.78 is 4.75. The van der Waals surface area contributed by atoms with Crippen LogP contribution in [0, 0.1) is 5.41 Å². The van der Waals surface area contributed by atoms with Gasteiger partial charge in [-0.2, -0.15) is 0 Å². The van der Waals surface area contributed by atoms with Crippen molar-refractivity contribution >= 4 is 11.8 Å². The second-order valence-corrected chi connectivity index (χ2v) is 3.87. The summed E-state index contributed by atoms with van der Waals surface area (Å²) in [6, 6.07) is 0. The van der Waals surface area contributed by atoms with E-state index in [4.69, 9.17) is 4.74 Å². The molecule has 0 aliphatic heterocycles. The number of carbonyl (C=O) groups is 2. The Morgan fingerprint density at radius 3 is 1.92 bits per heavy atom. The lowest BCUT2D eigenvalue weighted by atomic mass is 9.88. The number of ketones is 1. The molecule has 0 aromatic heterocycles. The average molecular weight is 172 g/mol. The predicted molar refractivity (Wildman–Crippen MR) is 45.7 cm³/mol. The molecule has 70 valence electrons. The zero-order chi connectivity index (χ0) is 9.94. The van der Waals surface area contributed by atoms with Crippen molar-refractivity contribution in [1.29, 1.82) is 0 Å². The van der Waals surface area contributed by atoms with Crippen LogP contribution in [0.2, 0.25) is 0 Å². The summed E-state index contributed by atoms with van der Waals surface area (Å²) in [5.74, 6) is -0.474. The molecule has 1 unspecified atom stereocenters. The third-order valence-corrected chi connectivity index (χ3v) is 1.45. The molecule has 0 aliphatic rings. The molecule has 0 aliphatic carbocycles. The van der Waals surface area contributed by atoms with E-state index in [0.29, 0.717) is 0 Å². The molecule has 0 rings (SSSR count). The van der Waals surface area contributed by atoms with Crippen molar-refractivity contribution in [2.24, 2.45) is 5.41 Å². The molecule has 0 bridgehead atoms. The first-order valence-corrected chi connectivity index (χ1v) is 3.96. The summed E-state index contributed by atoms with van der Waals surface area (Å²) in [7, 11) is 0. The number of carbonyl (C=O) groups excluding carboxylic acids is 2. The zero-order valence-corrected chi connectivity index (χ0v) is 8.30. The zero-order valence-electron chi connectivity index (χ0n) is 8.30. The number of hydrogen-bond acceptors (Lipinski definition) is 3. The normalized spacial score (nSPS) is 13.8. The fourth-order valence-electron chi connectivity index (χ4n) is 0.912. The standard InChI is InChI=1S/C9H16O3/c1-6(12-7(2)10)8(11)9(3,4)5/h6H,1-5H3. The Balaban J connectivity index is 4.21. The van der Waals surface area contributed by atoms with Gasteiger partial charge in [0.2, 0.25) is 0 Å². The van der Waals surface area contributed by atoms with E-state index in [1.807, 2.05) is 0 Å². The second-order valence-electron chi connectivity index (χ2n) is 3.87. The summed E-state index contributed by atoms with van der Waals surface area (Å²) in [6.45, 7) is 8.29. The number of rotatable bonds is 2. The largest absolute Gasteiger partial charge is 0.455 e. The lowest BCUT2D eigenvalue weighted by Gasteiger charge is -2.21. The Kier molecular flexibility index (Phi) is 3.43. The third-order valence-electron chi connectivity index (χ3n) is 1.45. The summed E-state index contributed by atoms with van der Waals surface area (Å²) in [5, 5.41) is 0. The van der Waals surface area contributed by atoms with Crippen molar-refractivity contribution < 1.29 is 14.3 Å². The molecule has 0 fully saturated rings. The van der Waals surface area contributed by atoms with Gasteiger partial charge >= 0.3 is 5.97 Å². The van der Waals surface area contributed by atoms with Gasteiger partial charge in [0.1, 0.15) is 0 Å². The minimum absolute atomic E-state index is 0.0577. The maximum atomic E-state index is 11.4. The van der Waals surface area contributed by atoms with Crippen LogP contribution in [0.15, 0.2) is 0 Å². The van der Waals surface area contributed by atoms with E-state index in [1.54, 1.807) is 27.7 Å². The molecular formula is C9H16O3. The molecule has 0 aromatic rings. The maximum absolute atomic E-state index is 11.4. The van der Waals surface area contributed by atoms with Crippen molar-refractivity contribution in [1.82, 2.24) is 0 Å². The SMILES string of the molecule is CC(=O)OC(C)C(=O)C(C)(C)C. The number of esters is 1. The Morgan fingerprint density at radius 1 is 1.25 bits per heavy atom. The molecular weight excluding hydrogens is 156 g/mol. The third kappa shape index (κ3) is 3.51. The van der Waals surface area contributed by atoms with Gasteiger partial charge in [0, 0.05) is 12.3 Å². The molecule has 0 N–H and O–H groups in total. The topological polar surface area (TPSA) is 43.4 Å². The van der Waals surface area contributed by atoms with Crippen LogP contribution < -0.4 is 0 Å². The van der Waals surface area contributed by atoms with Crippen LogP contribution in [0.5, 0.6) is 0 Å². The van der Waals surface area contributed by atoms with Gasteiger partial charge in [-0.1, -0.05) is 20.8 Å². The Labute approximate surface area is 73.1 Å². The first kappa shape index (κ1) is 11.1. The van der Waals surface area contributed by atoms with Crippen LogP contribution in [-0.2, 0) is 14.3 Å². The van der Waals surface area contributed by atoms with Crippen LogP contribution in [0.1, 0.15) is 34.6 Å². The molecule has 0 spiro atoms.